The van der Waals surface area contributed by atoms with Crippen molar-refractivity contribution in [2.24, 2.45) is 17.3 Å². The van der Waals surface area contributed by atoms with Gasteiger partial charge in [0.1, 0.15) is 5.78 Å². The summed E-state index contributed by atoms with van der Waals surface area (Å²) in [5, 5.41) is 1.21. The number of ketones is 1. The van der Waals surface area contributed by atoms with Crippen molar-refractivity contribution in [1.82, 2.24) is 4.98 Å². The molecule has 3 rings (SSSR count). The van der Waals surface area contributed by atoms with E-state index in [4.69, 9.17) is 0 Å². The Morgan fingerprint density at radius 2 is 1.96 bits per heavy atom. The molecule has 0 spiro atoms. The molecule has 0 bridgehead atoms. The van der Waals surface area contributed by atoms with E-state index in [0.717, 1.165) is 31.2 Å². The van der Waals surface area contributed by atoms with E-state index in [1.54, 1.807) is 0 Å². The van der Waals surface area contributed by atoms with E-state index in [-0.39, 0.29) is 11.3 Å². The Balaban J connectivity index is 1.81. The Morgan fingerprint density at radius 3 is 2.76 bits per heavy atom. The molecule has 2 unspecified atom stereocenters. The summed E-state index contributed by atoms with van der Waals surface area (Å²) in [6.45, 7) is 6.93. The molecule has 25 heavy (non-hydrogen) atoms. The molecular weight excluding hydrogens is 306 g/mol. The molecule has 0 amide bonds. The van der Waals surface area contributed by atoms with E-state index in [2.05, 4.69) is 50.0 Å². The maximum absolute atomic E-state index is 12.5. The molecule has 2 aromatic rings. The average Bonchev–Trinajstić information content (AvgIpc) is 2.97. The van der Waals surface area contributed by atoms with Gasteiger partial charge >= 0.3 is 0 Å². The smallest absolute Gasteiger partial charge is 0.136 e. The second kappa shape index (κ2) is 7.68. The van der Waals surface area contributed by atoms with Gasteiger partial charge in [-0.1, -0.05) is 64.3 Å². The van der Waals surface area contributed by atoms with E-state index < -0.39 is 0 Å². The van der Waals surface area contributed by atoms with Crippen LogP contribution < -0.4 is 0 Å². The third-order valence-electron chi connectivity index (χ3n) is 6.09. The van der Waals surface area contributed by atoms with Crippen molar-refractivity contribution in [3.63, 3.8) is 0 Å². The predicted molar refractivity (Wildman–Crippen MR) is 105 cm³/mol. The van der Waals surface area contributed by atoms with Crippen LogP contribution in [0.1, 0.15) is 64.9 Å². The lowest BCUT2D eigenvalue weighted by atomic mass is 9.68. The minimum absolute atomic E-state index is 0.120. The Kier molecular flexibility index (Phi) is 5.56. The summed E-state index contributed by atoms with van der Waals surface area (Å²) in [7, 11) is 0. The maximum Gasteiger partial charge on any atom is 0.136 e. The minimum Gasteiger partial charge on any atom is -0.299 e. The van der Waals surface area contributed by atoms with Crippen molar-refractivity contribution < 1.29 is 4.79 Å². The van der Waals surface area contributed by atoms with Crippen LogP contribution in [0.2, 0.25) is 0 Å². The number of benzene rings is 1. The number of rotatable bonds is 7. The van der Waals surface area contributed by atoms with E-state index >= 15 is 0 Å². The van der Waals surface area contributed by atoms with E-state index in [1.807, 2.05) is 12.3 Å². The van der Waals surface area contributed by atoms with Gasteiger partial charge in [-0.05, 0) is 42.2 Å². The molecule has 2 heteroatoms. The van der Waals surface area contributed by atoms with Crippen molar-refractivity contribution in [3.05, 3.63) is 42.1 Å². The lowest BCUT2D eigenvalue weighted by Gasteiger charge is -2.35. The summed E-state index contributed by atoms with van der Waals surface area (Å²) >= 11 is 0. The number of carbonyl (C=O) groups is 1. The van der Waals surface area contributed by atoms with Crippen molar-refractivity contribution in [3.8, 4) is 0 Å². The van der Waals surface area contributed by atoms with Crippen LogP contribution in [0.3, 0.4) is 0 Å². The van der Waals surface area contributed by atoms with Gasteiger partial charge in [0.05, 0.1) is 5.52 Å². The molecule has 2 nitrogen and oxygen atoms in total. The Bertz CT molecular complexity index is 728. The fourth-order valence-corrected chi connectivity index (χ4v) is 4.75. The van der Waals surface area contributed by atoms with Gasteiger partial charge in [-0.25, -0.2) is 0 Å². The molecule has 134 valence electrons. The van der Waals surface area contributed by atoms with Crippen LogP contribution >= 0.6 is 0 Å². The van der Waals surface area contributed by atoms with Crippen LogP contribution in [0.15, 0.2) is 36.5 Å². The SMILES string of the molecule is CCCCCC1C(=O)CCC1C(C)(C)Cc1cccc2cccnc12. The van der Waals surface area contributed by atoms with Crippen molar-refractivity contribution in [1.29, 1.82) is 0 Å². The minimum atomic E-state index is 0.120. The van der Waals surface area contributed by atoms with E-state index in [9.17, 15) is 4.79 Å². The first kappa shape index (κ1) is 18.1. The number of aromatic nitrogens is 1. The third-order valence-corrected chi connectivity index (χ3v) is 6.09. The van der Waals surface area contributed by atoms with Crippen LogP contribution in [-0.2, 0) is 11.2 Å². The van der Waals surface area contributed by atoms with Crippen LogP contribution in [0.4, 0.5) is 0 Å². The highest BCUT2D eigenvalue weighted by atomic mass is 16.1. The summed E-state index contributed by atoms with van der Waals surface area (Å²) in [5.74, 6) is 1.27. The highest BCUT2D eigenvalue weighted by Crippen LogP contribution is 2.46. The molecular formula is C23H31NO. The lowest BCUT2D eigenvalue weighted by molar-refractivity contribution is -0.122. The second-order valence-electron chi connectivity index (χ2n) is 8.37. The number of hydrogen-bond donors (Lipinski definition) is 0. The Labute approximate surface area is 152 Å². The Hall–Kier alpha value is -1.70. The van der Waals surface area contributed by atoms with Crippen molar-refractivity contribution in [2.75, 3.05) is 0 Å². The first-order chi connectivity index (χ1) is 12.0. The first-order valence-electron chi connectivity index (χ1n) is 9.88. The molecule has 1 aliphatic rings. The van der Waals surface area contributed by atoms with Gasteiger partial charge < -0.3 is 0 Å². The zero-order chi connectivity index (χ0) is 17.9. The fourth-order valence-electron chi connectivity index (χ4n) is 4.75. The molecule has 1 aromatic carbocycles. The molecule has 0 N–H and O–H groups in total. The van der Waals surface area contributed by atoms with Crippen LogP contribution in [0, 0.1) is 17.3 Å². The number of para-hydroxylation sites is 1. The second-order valence-corrected chi connectivity index (χ2v) is 8.37. The summed E-state index contributed by atoms with van der Waals surface area (Å²) in [6.07, 6.45) is 9.43. The van der Waals surface area contributed by atoms with Gasteiger partial charge in [0.15, 0.2) is 0 Å². The summed E-state index contributed by atoms with van der Waals surface area (Å²) in [6, 6.07) is 10.6. The number of Topliss-reactive ketones (excluding diaryl/α,β-unsaturated/α-hetero) is 1. The average molecular weight is 338 g/mol. The molecule has 2 atom stereocenters. The summed E-state index contributed by atoms with van der Waals surface area (Å²) in [5.41, 5.74) is 2.55. The van der Waals surface area contributed by atoms with E-state index in [1.165, 1.54) is 30.2 Å². The number of nitrogens with zero attached hydrogens (tertiary/aromatic N) is 1. The zero-order valence-electron chi connectivity index (χ0n) is 15.9. The highest BCUT2D eigenvalue weighted by Gasteiger charge is 2.43. The van der Waals surface area contributed by atoms with Crippen molar-refractivity contribution >= 4 is 16.7 Å². The quantitative estimate of drug-likeness (QED) is 0.582. The summed E-state index contributed by atoms with van der Waals surface area (Å²) < 4.78 is 0. The Morgan fingerprint density at radius 1 is 1.16 bits per heavy atom. The number of carbonyl (C=O) groups excluding carboxylic acids is 1. The molecule has 1 aliphatic carbocycles. The fraction of sp³-hybridized carbons (Fsp3) is 0.565. The number of unbranched alkanes of at least 4 members (excludes halogenated alkanes) is 2. The van der Waals surface area contributed by atoms with Gasteiger partial charge in [-0.2, -0.15) is 0 Å². The lowest BCUT2D eigenvalue weighted by Crippen LogP contribution is -2.31. The van der Waals surface area contributed by atoms with Gasteiger partial charge in [0, 0.05) is 23.9 Å². The molecule has 1 fully saturated rings. The normalized spacial score (nSPS) is 21.2. The number of fused-ring (bicyclic) bond motifs is 1. The third kappa shape index (κ3) is 3.94. The maximum atomic E-state index is 12.5. The molecule has 0 aliphatic heterocycles. The van der Waals surface area contributed by atoms with Crippen LogP contribution in [-0.4, -0.2) is 10.8 Å². The molecule has 0 saturated heterocycles. The topological polar surface area (TPSA) is 30.0 Å². The van der Waals surface area contributed by atoms with Crippen molar-refractivity contribution in [2.45, 2.75) is 65.7 Å². The van der Waals surface area contributed by atoms with Crippen LogP contribution in [0.5, 0.6) is 0 Å². The predicted octanol–water partition coefficient (Wildman–Crippen LogP) is 5.98. The van der Waals surface area contributed by atoms with Gasteiger partial charge in [0.2, 0.25) is 0 Å². The van der Waals surface area contributed by atoms with Gasteiger partial charge in [-0.15, -0.1) is 0 Å². The van der Waals surface area contributed by atoms with Gasteiger partial charge in [0.25, 0.3) is 0 Å². The number of pyridine rings is 1. The van der Waals surface area contributed by atoms with Crippen LogP contribution in [0.25, 0.3) is 10.9 Å². The number of hydrogen-bond acceptors (Lipinski definition) is 2. The molecule has 1 aromatic heterocycles. The highest BCUT2D eigenvalue weighted by molar-refractivity contribution is 5.84. The molecule has 1 heterocycles. The monoisotopic (exact) mass is 337 g/mol. The van der Waals surface area contributed by atoms with E-state index in [0.29, 0.717) is 11.7 Å². The summed E-state index contributed by atoms with van der Waals surface area (Å²) in [4.78, 5) is 17.1. The standard InChI is InChI=1S/C23H31NO/c1-4-5-6-12-19-20(13-14-21(19)25)23(2,3)16-18-10-7-9-17-11-8-15-24-22(17)18/h7-11,15,19-20H,4-6,12-14,16H2,1-3H3. The molecule has 1 saturated carbocycles. The first-order valence-corrected chi connectivity index (χ1v) is 9.88. The molecule has 0 radical (unpaired) electrons. The zero-order valence-corrected chi connectivity index (χ0v) is 15.9. The largest absolute Gasteiger partial charge is 0.299 e. The van der Waals surface area contributed by atoms with Gasteiger partial charge in [-0.3, -0.25) is 9.78 Å².